The summed E-state index contributed by atoms with van der Waals surface area (Å²) in [7, 11) is 2.90. The van der Waals surface area contributed by atoms with Gasteiger partial charge in [0.1, 0.15) is 12.3 Å². The average Bonchev–Trinajstić information content (AvgIpc) is 2.81. The molecule has 24 heavy (non-hydrogen) atoms. The summed E-state index contributed by atoms with van der Waals surface area (Å²) in [6.07, 6.45) is 0.651. The fraction of sp³-hybridized carbons (Fsp3) is 0.375. The fourth-order valence-corrected chi connectivity index (χ4v) is 2.22. The number of hydrogen-bond donors (Lipinski definition) is 1. The molecule has 1 saturated heterocycles. The van der Waals surface area contributed by atoms with E-state index in [2.05, 4.69) is 5.43 Å². The Hall–Kier alpha value is -2.90. The van der Waals surface area contributed by atoms with Crippen LogP contribution in [0.1, 0.15) is 29.6 Å². The van der Waals surface area contributed by atoms with Crippen LogP contribution < -0.4 is 10.2 Å². The minimum Gasteiger partial charge on any atom is -0.497 e. The second-order valence-electron chi connectivity index (χ2n) is 5.36. The number of hydrazine groups is 1. The average molecular weight is 333 g/mol. The van der Waals surface area contributed by atoms with Crippen molar-refractivity contribution < 1.29 is 23.9 Å². The van der Waals surface area contributed by atoms with Gasteiger partial charge in [0.2, 0.25) is 5.91 Å². The topological polar surface area (TPSA) is 96.0 Å². The van der Waals surface area contributed by atoms with Gasteiger partial charge >= 0.3 is 6.03 Å². The van der Waals surface area contributed by atoms with Crippen molar-refractivity contribution in [2.45, 2.75) is 19.3 Å². The van der Waals surface area contributed by atoms with Gasteiger partial charge in [-0.25, -0.2) is 9.80 Å². The van der Waals surface area contributed by atoms with Crippen LogP contribution in [-0.2, 0) is 9.59 Å². The Kier molecular flexibility index (Phi) is 5.51. The molecule has 0 radical (unpaired) electrons. The predicted octanol–water partition coefficient (Wildman–Crippen LogP) is 0.973. The normalized spacial score (nSPS) is 14.1. The fourth-order valence-electron chi connectivity index (χ4n) is 2.22. The van der Waals surface area contributed by atoms with Gasteiger partial charge in [-0.2, -0.15) is 0 Å². The highest BCUT2D eigenvalue weighted by molar-refractivity contribution is 6.02. The summed E-state index contributed by atoms with van der Waals surface area (Å²) in [6, 6.07) is 6.18. The molecule has 8 nitrogen and oxygen atoms in total. The van der Waals surface area contributed by atoms with Gasteiger partial charge in [-0.1, -0.05) is 0 Å². The molecule has 128 valence electrons. The largest absolute Gasteiger partial charge is 0.497 e. The number of ether oxygens (including phenoxy) is 1. The van der Waals surface area contributed by atoms with Gasteiger partial charge < -0.3 is 4.74 Å². The minimum absolute atomic E-state index is 0.0717. The number of methoxy groups -OCH3 is 1. The summed E-state index contributed by atoms with van der Waals surface area (Å²) in [5.74, 6) is -0.192. The standard InChI is InChI=1S/C16H19N3O5/c1-18-15(22)10-19(16(18)23)17-14(21)5-3-4-13(20)11-6-8-12(24-2)9-7-11/h6-9H,3-5,10H2,1-2H3,(H,17,21). The molecule has 0 atom stereocenters. The van der Waals surface area contributed by atoms with Gasteiger partial charge in [0, 0.05) is 25.5 Å². The summed E-state index contributed by atoms with van der Waals surface area (Å²) < 4.78 is 5.02. The SMILES string of the molecule is COc1ccc(C(=O)CCCC(=O)NN2CC(=O)N(C)C2=O)cc1. The highest BCUT2D eigenvalue weighted by Crippen LogP contribution is 2.14. The van der Waals surface area contributed by atoms with Crippen molar-refractivity contribution in [3.05, 3.63) is 29.8 Å². The molecule has 0 spiro atoms. The zero-order chi connectivity index (χ0) is 17.7. The third-order valence-electron chi connectivity index (χ3n) is 3.66. The van der Waals surface area contributed by atoms with E-state index in [1.165, 1.54) is 7.05 Å². The molecule has 1 aromatic rings. The molecular formula is C16H19N3O5. The van der Waals surface area contributed by atoms with Crippen molar-refractivity contribution in [1.29, 1.82) is 0 Å². The van der Waals surface area contributed by atoms with Crippen molar-refractivity contribution in [3.8, 4) is 5.75 Å². The van der Waals surface area contributed by atoms with E-state index < -0.39 is 11.9 Å². The van der Waals surface area contributed by atoms with Gasteiger partial charge in [0.05, 0.1) is 7.11 Å². The molecule has 1 N–H and O–H groups in total. The molecule has 4 amide bonds. The Morgan fingerprint density at radius 1 is 1.17 bits per heavy atom. The highest BCUT2D eigenvalue weighted by Gasteiger charge is 2.34. The Morgan fingerprint density at radius 2 is 1.83 bits per heavy atom. The second kappa shape index (κ2) is 7.58. The minimum atomic E-state index is -0.567. The number of urea groups is 1. The third kappa shape index (κ3) is 4.09. The number of Topliss-reactive ketones (excluding diaryl/α,β-unsaturated/α-hetero) is 1. The molecular weight excluding hydrogens is 314 g/mol. The van der Waals surface area contributed by atoms with Gasteiger partial charge in [0.15, 0.2) is 5.78 Å². The van der Waals surface area contributed by atoms with Crippen molar-refractivity contribution in [3.63, 3.8) is 0 Å². The lowest BCUT2D eigenvalue weighted by Crippen LogP contribution is -2.44. The first-order chi connectivity index (χ1) is 11.4. The summed E-state index contributed by atoms with van der Waals surface area (Å²) in [4.78, 5) is 47.7. The molecule has 8 heteroatoms. The number of ketones is 1. The van der Waals surface area contributed by atoms with E-state index in [9.17, 15) is 19.2 Å². The molecule has 0 aromatic heterocycles. The van der Waals surface area contributed by atoms with E-state index in [4.69, 9.17) is 4.74 Å². The van der Waals surface area contributed by atoms with Crippen molar-refractivity contribution in [2.75, 3.05) is 20.7 Å². The van der Waals surface area contributed by atoms with Crippen LogP contribution in [0.5, 0.6) is 5.75 Å². The number of rotatable bonds is 7. The zero-order valence-corrected chi connectivity index (χ0v) is 13.6. The highest BCUT2D eigenvalue weighted by atomic mass is 16.5. The Bertz CT molecular complexity index is 656. The van der Waals surface area contributed by atoms with E-state index in [-0.39, 0.29) is 31.1 Å². The molecule has 1 aliphatic heterocycles. The van der Waals surface area contributed by atoms with Crippen LogP contribution in [-0.4, -0.2) is 54.2 Å². The Balaban J connectivity index is 1.75. The van der Waals surface area contributed by atoms with E-state index in [1.54, 1.807) is 31.4 Å². The maximum absolute atomic E-state index is 12.0. The summed E-state index contributed by atoms with van der Waals surface area (Å²) in [5, 5.41) is 0.968. The molecule has 0 unspecified atom stereocenters. The van der Waals surface area contributed by atoms with Crippen molar-refractivity contribution in [1.82, 2.24) is 15.3 Å². The Labute approximate surface area is 139 Å². The van der Waals surface area contributed by atoms with Crippen LogP contribution in [0.15, 0.2) is 24.3 Å². The molecule has 1 aliphatic rings. The van der Waals surface area contributed by atoms with Gasteiger partial charge in [-0.05, 0) is 30.7 Å². The third-order valence-corrected chi connectivity index (χ3v) is 3.66. The van der Waals surface area contributed by atoms with Gasteiger partial charge in [0.25, 0.3) is 5.91 Å². The maximum atomic E-state index is 12.0. The van der Waals surface area contributed by atoms with E-state index in [1.807, 2.05) is 0 Å². The number of carbonyl (C=O) groups excluding carboxylic acids is 4. The van der Waals surface area contributed by atoms with E-state index in [0.717, 1.165) is 9.91 Å². The lowest BCUT2D eigenvalue weighted by atomic mass is 10.1. The summed E-state index contributed by atoms with van der Waals surface area (Å²) in [6.45, 7) is -0.175. The number of hydrogen-bond acceptors (Lipinski definition) is 5. The monoisotopic (exact) mass is 333 g/mol. The molecule has 1 heterocycles. The van der Waals surface area contributed by atoms with Gasteiger partial charge in [-0.3, -0.25) is 24.7 Å². The number of nitrogens with zero attached hydrogens (tertiary/aromatic N) is 2. The summed E-state index contributed by atoms with van der Waals surface area (Å²) in [5.41, 5.74) is 2.93. The quantitative estimate of drug-likeness (QED) is 0.592. The van der Waals surface area contributed by atoms with Crippen molar-refractivity contribution in [2.24, 2.45) is 0 Å². The first-order valence-electron chi connectivity index (χ1n) is 7.47. The van der Waals surface area contributed by atoms with Crippen LogP contribution in [0.25, 0.3) is 0 Å². The predicted molar refractivity (Wildman–Crippen MR) is 84.2 cm³/mol. The smallest absolute Gasteiger partial charge is 0.345 e. The number of imide groups is 1. The second-order valence-corrected chi connectivity index (χ2v) is 5.36. The first-order valence-corrected chi connectivity index (χ1v) is 7.47. The number of carbonyl (C=O) groups is 4. The molecule has 1 aromatic carbocycles. The lowest BCUT2D eigenvalue weighted by molar-refractivity contribution is -0.126. The summed E-state index contributed by atoms with van der Waals surface area (Å²) >= 11 is 0. The first kappa shape index (κ1) is 17.5. The molecule has 0 bridgehead atoms. The molecule has 0 saturated carbocycles. The number of likely N-dealkylation sites (N-methyl/N-ethyl adjacent to an activating group) is 1. The van der Waals surface area contributed by atoms with E-state index >= 15 is 0 Å². The molecule has 0 aliphatic carbocycles. The molecule has 1 fully saturated rings. The van der Waals surface area contributed by atoms with E-state index in [0.29, 0.717) is 17.7 Å². The van der Waals surface area contributed by atoms with Crippen molar-refractivity contribution >= 4 is 23.6 Å². The number of amides is 4. The van der Waals surface area contributed by atoms with Crippen LogP contribution in [0, 0.1) is 0 Å². The lowest BCUT2D eigenvalue weighted by Gasteiger charge is -2.15. The number of nitrogens with one attached hydrogen (secondary N) is 1. The van der Waals surface area contributed by atoms with Crippen LogP contribution in [0.4, 0.5) is 4.79 Å². The Morgan fingerprint density at radius 3 is 2.38 bits per heavy atom. The van der Waals surface area contributed by atoms with Crippen LogP contribution in [0.3, 0.4) is 0 Å². The maximum Gasteiger partial charge on any atom is 0.345 e. The van der Waals surface area contributed by atoms with Crippen LogP contribution in [0.2, 0.25) is 0 Å². The van der Waals surface area contributed by atoms with Gasteiger partial charge in [-0.15, -0.1) is 0 Å². The number of benzene rings is 1. The zero-order valence-electron chi connectivity index (χ0n) is 13.6. The molecule has 2 rings (SSSR count). The van der Waals surface area contributed by atoms with Crippen LogP contribution >= 0.6 is 0 Å².